The predicted octanol–water partition coefficient (Wildman–Crippen LogP) is -27.5. The molecule has 0 amide bonds. The summed E-state index contributed by atoms with van der Waals surface area (Å²) in [5, 5.41) is 415. The van der Waals surface area contributed by atoms with Crippen LogP contribution >= 0.6 is 0 Å². The summed E-state index contributed by atoms with van der Waals surface area (Å²) in [6, 6.07) is 0. The third-order valence-electron chi connectivity index (χ3n) is 24.5. The van der Waals surface area contributed by atoms with Crippen LogP contribution in [0, 0.1) is 0 Å². The van der Waals surface area contributed by atoms with Gasteiger partial charge in [-0.2, -0.15) is 0 Å². The molecule has 11 aliphatic heterocycles. The molecule has 59 atom stereocenters. The molecule has 0 aromatic rings. The van der Waals surface area contributed by atoms with Gasteiger partial charge in [0.15, 0.2) is 69.2 Å². The zero-order valence-electron chi connectivity index (χ0n) is 69.7. The van der Waals surface area contributed by atoms with E-state index in [4.69, 9.17) is 109 Å². The van der Waals surface area contributed by atoms with E-state index < -0.39 is 448 Å². The third kappa shape index (κ3) is 25.3. The van der Waals surface area contributed by atoms with E-state index in [1.807, 2.05) is 0 Å². The van der Waals surface area contributed by atoms with Crippen molar-refractivity contribution in [3.05, 3.63) is 0 Å². The largest absolute Gasteiger partial charge is 0.394 e. The first kappa shape index (κ1) is 111. The highest BCUT2D eigenvalue weighted by atomic mass is 16.8. The number of hydrogen-bond donors (Lipinski definition) is 39. The summed E-state index contributed by atoms with van der Waals surface area (Å²) in [6.45, 7) is -11.8. The van der Waals surface area contributed by atoms with Crippen LogP contribution in [0.25, 0.3) is 0 Å². The molecule has 0 saturated carbocycles. The molecule has 11 heterocycles. The molecule has 133 heavy (non-hydrogen) atoms. The summed E-state index contributed by atoms with van der Waals surface area (Å²) in [7, 11) is 0. The lowest BCUT2D eigenvalue weighted by atomic mass is 9.97. The number of aliphatic hydroxyl groups excluding tert-OH is 39. The number of hydrogen-bond acceptors (Lipinski definition) is 61. The quantitative estimate of drug-likeness (QED) is 0.0273. The van der Waals surface area contributed by atoms with E-state index in [0.29, 0.717) is 0 Å². The van der Waals surface area contributed by atoms with E-state index in [-0.39, 0.29) is 0 Å². The van der Waals surface area contributed by atoms with E-state index in [1.165, 1.54) is 0 Å². The molecule has 11 fully saturated rings. The molecule has 778 valence electrons. The minimum atomic E-state index is -2.18. The minimum absolute atomic E-state index is 0.757. The van der Waals surface area contributed by atoms with Crippen LogP contribution in [0.5, 0.6) is 0 Å². The molecule has 0 aromatic carbocycles. The Labute approximate surface area is 749 Å². The Morgan fingerprint density at radius 3 is 0.406 bits per heavy atom. The van der Waals surface area contributed by atoms with Crippen molar-refractivity contribution in [2.45, 2.75) is 362 Å². The Morgan fingerprint density at radius 1 is 0.150 bits per heavy atom. The Morgan fingerprint density at radius 2 is 0.271 bits per heavy atom. The fourth-order valence-electron chi connectivity index (χ4n) is 15.9. The molecule has 0 radical (unpaired) electrons. The van der Waals surface area contributed by atoms with E-state index in [0.717, 1.165) is 0 Å². The van der Waals surface area contributed by atoms with Crippen molar-refractivity contribution >= 4 is 0 Å². The molecule has 11 saturated heterocycles. The van der Waals surface area contributed by atoms with Gasteiger partial charge < -0.3 is 303 Å². The molecule has 0 aliphatic carbocycles. The van der Waals surface area contributed by atoms with Crippen LogP contribution in [0.3, 0.4) is 0 Å². The van der Waals surface area contributed by atoms with Crippen LogP contribution in [0.2, 0.25) is 0 Å². The molecule has 0 unspecified atom stereocenters. The monoisotopic (exact) mass is 1960 g/mol. The topological polar surface area (TPSA) is 992 Å². The Kier molecular flexibility index (Phi) is 40.7. The molecule has 61 heteroatoms. The van der Waals surface area contributed by atoms with Crippen LogP contribution in [0.15, 0.2) is 0 Å². The van der Waals surface area contributed by atoms with E-state index in [1.54, 1.807) is 0 Å². The van der Waals surface area contributed by atoms with Crippen LogP contribution in [-0.2, 0) is 104 Å². The third-order valence-corrected chi connectivity index (χ3v) is 24.5. The van der Waals surface area contributed by atoms with Crippen molar-refractivity contribution < 1.29 is 303 Å². The second-order valence-electron chi connectivity index (χ2n) is 33.8. The molecule has 11 aliphatic rings. The second-order valence-corrected chi connectivity index (χ2v) is 33.8. The van der Waals surface area contributed by atoms with Crippen molar-refractivity contribution in [3.8, 4) is 0 Å². The van der Waals surface area contributed by atoms with Gasteiger partial charge in [-0.25, -0.2) is 0 Å². The van der Waals surface area contributed by atoms with E-state index in [9.17, 15) is 194 Å². The summed E-state index contributed by atoms with van der Waals surface area (Å²) in [4.78, 5) is 0. The SMILES string of the molecule is OC[C@H](O)[C@@H](O)[C@H](O)[C@H](O)CO[C@H]1O[C@H](CO[C@H]2O[C@H](CO[C@H]3O[C@H](CO[C@H]4O[C@H](CO[C@H]5O[C@H](CO[C@H]6O[C@H](CO[C@H]7O[C@H](CO[C@H]8O[C@H](CO[C@H]9O[C@H](CO[C@H]%10O[C@H](CO[C@H]%11O[C@H](CO)[C@@H](O)[C@H](O)[C@H]%11O)[C@@H](O)[C@H](O)[C@H]%10O)[C@@H](O)[C@H](O)[C@H]9O)[C@@H](O)[C@H](O)[C@H]8O)[C@@H](O)[C@H](O)[C@H]7O)[C@@H](O)[C@H](O)[C@H]6O)[C@@H](O)[C@H](O)[C@H]5O)[C@@H](O)[C@H](O)[C@H]4O)[C@@H](O)[C@H](O)[C@H]3O)[C@@H](O)[C@H](O)[C@H]2O)[C@@H](O)[C@H](O)[C@H]1O. The molecule has 61 nitrogen and oxygen atoms in total. The zero-order valence-corrected chi connectivity index (χ0v) is 69.7. The molecular weight excluding hydrogens is 1840 g/mol. The highest BCUT2D eigenvalue weighted by Gasteiger charge is 2.58. The summed E-state index contributed by atoms with van der Waals surface area (Å²) in [5.74, 6) is 0. The van der Waals surface area contributed by atoms with Crippen molar-refractivity contribution in [1.82, 2.24) is 0 Å². The maximum atomic E-state index is 11.0. The van der Waals surface area contributed by atoms with Gasteiger partial charge in [-0.3, -0.25) is 0 Å². The van der Waals surface area contributed by atoms with E-state index >= 15 is 0 Å². The summed E-state index contributed by atoms with van der Waals surface area (Å²) in [6.07, 6.45) is -117. The zero-order chi connectivity index (χ0) is 97.8. The molecule has 0 bridgehead atoms. The Balaban J connectivity index is 0.622. The fraction of sp³-hybridized carbons (Fsp3) is 1.00. The molecule has 39 N–H and O–H groups in total. The highest BCUT2D eigenvalue weighted by Crippen LogP contribution is 2.37. The van der Waals surface area contributed by atoms with Crippen molar-refractivity contribution in [2.24, 2.45) is 0 Å². The normalized spacial score (nSPS) is 51.3. The van der Waals surface area contributed by atoms with Crippen LogP contribution in [0.1, 0.15) is 0 Å². The van der Waals surface area contributed by atoms with Gasteiger partial charge in [0, 0.05) is 0 Å². The molecule has 0 spiro atoms. The van der Waals surface area contributed by atoms with Crippen LogP contribution < -0.4 is 0 Å². The second kappa shape index (κ2) is 48.8. The van der Waals surface area contributed by atoms with Gasteiger partial charge in [-0.05, 0) is 0 Å². The van der Waals surface area contributed by atoms with Gasteiger partial charge in [0.25, 0.3) is 0 Å². The average molecular weight is 1970 g/mol. The first-order valence-corrected chi connectivity index (χ1v) is 42.1. The van der Waals surface area contributed by atoms with Gasteiger partial charge in [0.2, 0.25) is 0 Å². The lowest BCUT2D eigenvalue weighted by molar-refractivity contribution is -0.355. The summed E-state index contributed by atoms with van der Waals surface area (Å²) >= 11 is 0. The van der Waals surface area contributed by atoms with E-state index in [2.05, 4.69) is 0 Å². The van der Waals surface area contributed by atoms with Crippen LogP contribution in [0.4, 0.5) is 0 Å². The van der Waals surface area contributed by atoms with Crippen LogP contribution in [-0.4, -0.2) is 647 Å². The van der Waals surface area contributed by atoms with Gasteiger partial charge >= 0.3 is 0 Å². The maximum Gasteiger partial charge on any atom is 0.186 e. The summed E-state index contributed by atoms with van der Waals surface area (Å²) < 4.78 is 122. The van der Waals surface area contributed by atoms with Crippen molar-refractivity contribution in [2.75, 3.05) is 85.9 Å². The molecular formula is C72H124O61. The maximum absolute atomic E-state index is 11.0. The molecule has 11 rings (SSSR count). The first-order valence-electron chi connectivity index (χ1n) is 42.1. The lowest BCUT2D eigenvalue weighted by Crippen LogP contribution is -2.64. The first-order chi connectivity index (χ1) is 62.7. The highest BCUT2D eigenvalue weighted by molar-refractivity contribution is 5.01. The Hall–Kier alpha value is -2.44. The summed E-state index contributed by atoms with van der Waals surface area (Å²) in [5.41, 5.74) is 0. The number of aliphatic hydroxyl groups is 39. The Bertz CT molecular complexity index is 3310. The average Bonchev–Trinajstić information content (AvgIpc) is 0.799. The van der Waals surface area contributed by atoms with Crippen molar-refractivity contribution in [1.29, 1.82) is 0 Å². The predicted molar refractivity (Wildman–Crippen MR) is 397 cm³/mol. The van der Waals surface area contributed by atoms with Gasteiger partial charge in [-0.15, -0.1) is 0 Å². The minimum Gasteiger partial charge on any atom is -0.394 e. The standard InChI is InChI=1S/C72H124O61/c73-1-14(75)27(77)28(78)15(76)3-112-62-52(102)41(91)30(80)17(124-62)5-114-64-54(104)43(93)32(82)19(126-64)7-116-66-56(106)45(95)34(84)21(128-66)9-118-68-58(108)47(97)36(86)23(130-68)11-120-70-60(110)49(99)38(88)25(132-70)13-122-72-61(111)50(100)39(89)26(133-72)12-121-71-59(109)48(98)37(87)24(131-71)10-119-69-57(107)46(96)35(85)22(129-69)8-117-67-55(105)44(94)33(83)20(127-67)6-115-65-53(103)42(92)31(81)18(125-65)4-113-63-51(101)40(90)29(79)16(2-74)123-63/h14-111H,1-13H2/t14-,15+,16+,17+,18+,19+,20+,21+,22+,23+,24+,25+,26+,27+,28+,29+,30+,31+,32+,33+,34+,35+,36+,37+,38+,39+,40-,41-,42-,43-,44-,45-,46-,47-,48-,49-,50-,51+,52+,53+,54+,55+,56+,57+,58+,59+,60+,61+,62-,63-,64-,65-,66-,67-,68-,69-,70-,71-,72-/m0/s1. The lowest BCUT2D eigenvalue weighted by Gasteiger charge is -2.45. The van der Waals surface area contributed by atoms with Crippen molar-refractivity contribution in [3.63, 3.8) is 0 Å². The van der Waals surface area contributed by atoms with Gasteiger partial charge in [0.05, 0.1) is 85.9 Å². The molecule has 0 aromatic heterocycles. The number of ether oxygens (including phenoxy) is 22. The van der Waals surface area contributed by atoms with Gasteiger partial charge in [0.1, 0.15) is 293 Å². The van der Waals surface area contributed by atoms with Gasteiger partial charge in [-0.1, -0.05) is 0 Å². The fourth-order valence-corrected chi connectivity index (χ4v) is 15.9. The smallest absolute Gasteiger partial charge is 0.186 e. The number of rotatable bonds is 38.